The summed E-state index contributed by atoms with van der Waals surface area (Å²) in [6, 6.07) is 7.46. The first kappa shape index (κ1) is 14.7. The molecule has 0 fully saturated rings. The van der Waals surface area contributed by atoms with Crippen LogP contribution in [0.1, 0.15) is 18.5 Å². The zero-order valence-corrected chi connectivity index (χ0v) is 12.7. The Morgan fingerprint density at radius 2 is 2.00 bits per heavy atom. The van der Waals surface area contributed by atoms with E-state index in [1.165, 1.54) is 6.33 Å². The first-order valence-corrected chi connectivity index (χ1v) is 6.83. The average molecular weight is 358 g/mol. The molecule has 8 heteroatoms. The molecular weight excluding hydrogens is 348 g/mol. The van der Waals surface area contributed by atoms with Gasteiger partial charge in [-0.25, -0.2) is 9.97 Å². The van der Waals surface area contributed by atoms with E-state index in [9.17, 15) is 10.1 Å². The number of benzene rings is 1. The van der Waals surface area contributed by atoms with Crippen molar-refractivity contribution in [2.45, 2.75) is 13.0 Å². The second kappa shape index (κ2) is 6.15. The predicted octanol–water partition coefficient (Wildman–Crippen LogP) is 3.97. The molecule has 0 bridgehead atoms. The zero-order valence-electron chi connectivity index (χ0n) is 10.4. The largest absolute Gasteiger partial charge is 0.358 e. The standard InChI is InChI=1S/C12H10BrClN4O2/c1-7(8-2-4-9(13)5-3-8)17-12-10(18(19)20)11(14)15-6-16-12/h2-7H,1H3,(H,15,16,17). The molecule has 2 aromatic rings. The Balaban J connectivity index is 2.28. The van der Waals surface area contributed by atoms with Crippen LogP contribution in [-0.4, -0.2) is 14.9 Å². The Morgan fingerprint density at radius 1 is 1.35 bits per heavy atom. The van der Waals surface area contributed by atoms with Gasteiger partial charge in [-0.2, -0.15) is 0 Å². The number of nitrogens with zero attached hydrogens (tertiary/aromatic N) is 3. The van der Waals surface area contributed by atoms with Crippen LogP contribution in [0, 0.1) is 10.1 Å². The fraction of sp³-hybridized carbons (Fsp3) is 0.167. The lowest BCUT2D eigenvalue weighted by molar-refractivity contribution is -0.384. The summed E-state index contributed by atoms with van der Waals surface area (Å²) in [5.41, 5.74) is 0.648. The predicted molar refractivity (Wildman–Crippen MR) is 79.9 cm³/mol. The molecule has 104 valence electrons. The molecule has 0 aliphatic heterocycles. The van der Waals surface area contributed by atoms with Crippen LogP contribution in [-0.2, 0) is 0 Å². The number of hydrogen-bond donors (Lipinski definition) is 1. The van der Waals surface area contributed by atoms with E-state index in [1.54, 1.807) is 0 Å². The van der Waals surface area contributed by atoms with Gasteiger partial charge in [0.15, 0.2) is 0 Å². The molecule has 0 aliphatic rings. The van der Waals surface area contributed by atoms with Gasteiger partial charge < -0.3 is 5.32 Å². The fourth-order valence-electron chi connectivity index (χ4n) is 1.66. The van der Waals surface area contributed by atoms with Gasteiger partial charge in [-0.15, -0.1) is 0 Å². The minimum atomic E-state index is -0.598. The van der Waals surface area contributed by atoms with Gasteiger partial charge in [-0.05, 0) is 24.6 Å². The van der Waals surface area contributed by atoms with Crippen LogP contribution < -0.4 is 5.32 Å². The molecule has 1 unspecified atom stereocenters. The maximum Gasteiger partial charge on any atom is 0.348 e. The SMILES string of the molecule is CC(Nc1ncnc(Cl)c1[N+](=O)[O-])c1ccc(Br)cc1. The highest BCUT2D eigenvalue weighted by molar-refractivity contribution is 9.10. The highest BCUT2D eigenvalue weighted by Gasteiger charge is 2.22. The molecule has 1 atom stereocenters. The van der Waals surface area contributed by atoms with E-state index in [2.05, 4.69) is 31.2 Å². The van der Waals surface area contributed by atoms with Crippen LogP contribution in [0.2, 0.25) is 5.15 Å². The van der Waals surface area contributed by atoms with E-state index in [4.69, 9.17) is 11.6 Å². The lowest BCUT2D eigenvalue weighted by atomic mass is 10.1. The van der Waals surface area contributed by atoms with E-state index in [-0.39, 0.29) is 22.7 Å². The number of halogens is 2. The molecule has 6 nitrogen and oxygen atoms in total. The molecule has 0 saturated heterocycles. The van der Waals surface area contributed by atoms with Crippen molar-refractivity contribution >= 4 is 39.0 Å². The Morgan fingerprint density at radius 3 is 2.60 bits per heavy atom. The fourth-order valence-corrected chi connectivity index (χ4v) is 2.13. The molecule has 0 aliphatic carbocycles. The lowest BCUT2D eigenvalue weighted by Gasteiger charge is -2.15. The molecule has 1 N–H and O–H groups in total. The summed E-state index contributed by atoms with van der Waals surface area (Å²) in [7, 11) is 0. The minimum Gasteiger partial charge on any atom is -0.358 e. The molecule has 0 spiro atoms. The summed E-state index contributed by atoms with van der Waals surface area (Å²) in [4.78, 5) is 17.9. The quantitative estimate of drug-likeness (QED) is 0.508. The van der Waals surface area contributed by atoms with Crippen molar-refractivity contribution in [1.82, 2.24) is 9.97 Å². The van der Waals surface area contributed by atoms with Gasteiger partial charge >= 0.3 is 5.69 Å². The summed E-state index contributed by atoms with van der Waals surface area (Å²) in [5, 5.41) is 13.8. The number of aromatic nitrogens is 2. The molecule has 0 radical (unpaired) electrons. The highest BCUT2D eigenvalue weighted by atomic mass is 79.9. The van der Waals surface area contributed by atoms with E-state index in [0.717, 1.165) is 10.0 Å². The highest BCUT2D eigenvalue weighted by Crippen LogP contribution is 2.31. The third-order valence-corrected chi connectivity index (χ3v) is 3.49. The minimum absolute atomic E-state index is 0.102. The van der Waals surface area contributed by atoms with Gasteiger partial charge in [0.2, 0.25) is 11.0 Å². The molecule has 2 rings (SSSR count). The maximum atomic E-state index is 11.0. The third-order valence-electron chi connectivity index (χ3n) is 2.68. The number of rotatable bonds is 4. The molecule has 1 heterocycles. The normalized spacial score (nSPS) is 11.9. The summed E-state index contributed by atoms with van der Waals surface area (Å²) < 4.78 is 0.963. The zero-order chi connectivity index (χ0) is 14.7. The number of nitro groups is 1. The van der Waals surface area contributed by atoms with Crippen molar-refractivity contribution in [3.05, 3.63) is 55.9 Å². The van der Waals surface area contributed by atoms with Crippen LogP contribution >= 0.6 is 27.5 Å². The van der Waals surface area contributed by atoms with Crippen molar-refractivity contribution < 1.29 is 4.92 Å². The summed E-state index contributed by atoms with van der Waals surface area (Å²) in [5.74, 6) is 0.102. The van der Waals surface area contributed by atoms with E-state index in [1.807, 2.05) is 31.2 Å². The first-order chi connectivity index (χ1) is 9.49. The van der Waals surface area contributed by atoms with Crippen molar-refractivity contribution in [3.63, 3.8) is 0 Å². The van der Waals surface area contributed by atoms with Crippen LogP contribution in [0.3, 0.4) is 0 Å². The van der Waals surface area contributed by atoms with Gasteiger partial charge in [-0.3, -0.25) is 10.1 Å². The van der Waals surface area contributed by atoms with Gasteiger partial charge in [0.1, 0.15) is 6.33 Å². The van der Waals surface area contributed by atoms with Gasteiger partial charge in [0.25, 0.3) is 0 Å². The van der Waals surface area contributed by atoms with Gasteiger partial charge in [0.05, 0.1) is 11.0 Å². The van der Waals surface area contributed by atoms with Crippen molar-refractivity contribution in [2.75, 3.05) is 5.32 Å². The van der Waals surface area contributed by atoms with Crippen LogP contribution in [0.25, 0.3) is 0 Å². The van der Waals surface area contributed by atoms with Crippen LogP contribution in [0.4, 0.5) is 11.5 Å². The molecule has 1 aromatic heterocycles. The smallest absolute Gasteiger partial charge is 0.348 e. The molecule has 0 saturated carbocycles. The van der Waals surface area contributed by atoms with E-state index >= 15 is 0 Å². The van der Waals surface area contributed by atoms with Gasteiger partial charge in [-0.1, -0.05) is 39.7 Å². The maximum absolute atomic E-state index is 11.0. The Kier molecular flexibility index (Phi) is 4.51. The topological polar surface area (TPSA) is 81.0 Å². The molecule has 0 amide bonds. The average Bonchev–Trinajstić information content (AvgIpc) is 2.39. The molecule has 1 aromatic carbocycles. The summed E-state index contributed by atoms with van der Waals surface area (Å²) in [6.07, 6.45) is 1.19. The second-order valence-electron chi connectivity index (χ2n) is 4.04. The van der Waals surface area contributed by atoms with E-state index in [0.29, 0.717) is 0 Å². The van der Waals surface area contributed by atoms with Crippen molar-refractivity contribution in [2.24, 2.45) is 0 Å². The van der Waals surface area contributed by atoms with Crippen molar-refractivity contribution in [1.29, 1.82) is 0 Å². The van der Waals surface area contributed by atoms with Crippen LogP contribution in [0.5, 0.6) is 0 Å². The number of hydrogen-bond acceptors (Lipinski definition) is 5. The Hall–Kier alpha value is -1.73. The summed E-state index contributed by atoms with van der Waals surface area (Å²) in [6.45, 7) is 1.88. The second-order valence-corrected chi connectivity index (χ2v) is 5.31. The molecule has 20 heavy (non-hydrogen) atoms. The first-order valence-electron chi connectivity index (χ1n) is 5.66. The summed E-state index contributed by atoms with van der Waals surface area (Å²) >= 11 is 9.09. The van der Waals surface area contributed by atoms with Gasteiger partial charge in [0, 0.05) is 4.47 Å². The number of nitrogens with one attached hydrogen (secondary N) is 1. The Labute approximate surface area is 128 Å². The molecular formula is C12H10BrClN4O2. The number of anilines is 1. The monoisotopic (exact) mass is 356 g/mol. The van der Waals surface area contributed by atoms with Crippen LogP contribution in [0.15, 0.2) is 35.1 Å². The van der Waals surface area contributed by atoms with E-state index < -0.39 is 4.92 Å². The lowest BCUT2D eigenvalue weighted by Crippen LogP contribution is -2.10. The van der Waals surface area contributed by atoms with Crippen molar-refractivity contribution in [3.8, 4) is 0 Å². The third kappa shape index (κ3) is 3.23. The Bertz CT molecular complexity index is 636.